The summed E-state index contributed by atoms with van der Waals surface area (Å²) in [7, 11) is 0. The molecule has 2 rings (SSSR count). The van der Waals surface area contributed by atoms with Gasteiger partial charge in [0.05, 0.1) is 15.4 Å². The number of anilines is 1. The van der Waals surface area contributed by atoms with Gasteiger partial charge >= 0.3 is 5.97 Å². The molecule has 0 saturated carbocycles. The number of aryl methyl sites for hydroxylation is 1. The maximum atomic E-state index is 12.3. The Balaban J connectivity index is 2.22. The van der Waals surface area contributed by atoms with Gasteiger partial charge in [-0.05, 0) is 44.9 Å². The van der Waals surface area contributed by atoms with E-state index in [4.69, 9.17) is 4.74 Å². The van der Waals surface area contributed by atoms with E-state index < -0.39 is 39.2 Å². The zero-order valence-corrected chi connectivity index (χ0v) is 16.2. The summed E-state index contributed by atoms with van der Waals surface area (Å²) < 4.78 is 5.05. The molecule has 0 radical (unpaired) electrons. The lowest BCUT2D eigenvalue weighted by Crippen LogP contribution is -2.30. The summed E-state index contributed by atoms with van der Waals surface area (Å²) in [4.78, 5) is 45.3. The van der Waals surface area contributed by atoms with E-state index in [1.54, 1.807) is 12.1 Å². The SMILES string of the molecule is Cc1cccc(NC(=O)C(C)OC(=O)c2cc([N+](=O)[O-])c(C)c([N+](=O)[O-])c2)c1C. The van der Waals surface area contributed by atoms with Gasteiger partial charge in [0.15, 0.2) is 6.10 Å². The number of amides is 1. The van der Waals surface area contributed by atoms with Crippen LogP contribution in [0.15, 0.2) is 30.3 Å². The minimum Gasteiger partial charge on any atom is -0.449 e. The topological polar surface area (TPSA) is 142 Å². The smallest absolute Gasteiger partial charge is 0.339 e. The second-order valence-electron chi connectivity index (χ2n) is 6.44. The van der Waals surface area contributed by atoms with Crippen LogP contribution in [0, 0.1) is 41.0 Å². The number of nitrogens with zero attached hydrogens (tertiary/aromatic N) is 2. The fourth-order valence-electron chi connectivity index (χ4n) is 2.58. The fourth-order valence-corrected chi connectivity index (χ4v) is 2.58. The van der Waals surface area contributed by atoms with Crippen molar-refractivity contribution in [3.05, 3.63) is 72.8 Å². The number of carbonyl (C=O) groups excluding carboxylic acids is 2. The van der Waals surface area contributed by atoms with Gasteiger partial charge in [-0.3, -0.25) is 25.0 Å². The molecule has 0 spiro atoms. The van der Waals surface area contributed by atoms with Crippen LogP contribution >= 0.6 is 0 Å². The largest absolute Gasteiger partial charge is 0.449 e. The zero-order valence-electron chi connectivity index (χ0n) is 16.2. The molecule has 2 aromatic rings. The second-order valence-corrected chi connectivity index (χ2v) is 6.44. The molecule has 1 N–H and O–H groups in total. The van der Waals surface area contributed by atoms with Crippen molar-refractivity contribution in [3.63, 3.8) is 0 Å². The molecule has 1 atom stereocenters. The van der Waals surface area contributed by atoms with Crippen LogP contribution in [0.1, 0.15) is 34.0 Å². The van der Waals surface area contributed by atoms with Crippen molar-refractivity contribution in [2.75, 3.05) is 5.32 Å². The third-order valence-corrected chi connectivity index (χ3v) is 4.50. The molecule has 29 heavy (non-hydrogen) atoms. The molecule has 0 fully saturated rings. The molecule has 1 amide bonds. The minimum atomic E-state index is -1.23. The minimum absolute atomic E-state index is 0.183. The van der Waals surface area contributed by atoms with Crippen LogP contribution in [-0.2, 0) is 9.53 Å². The molecule has 0 aliphatic heterocycles. The first kappa shape index (κ1) is 21.5. The molecular weight excluding hydrogens is 382 g/mol. The summed E-state index contributed by atoms with van der Waals surface area (Å²) in [5.74, 6) is -1.69. The molecule has 1 unspecified atom stereocenters. The number of benzene rings is 2. The molecule has 0 heterocycles. The van der Waals surface area contributed by atoms with E-state index in [0.717, 1.165) is 23.3 Å². The molecule has 10 nitrogen and oxygen atoms in total. The quantitative estimate of drug-likeness (QED) is 0.442. The Labute approximate surface area is 165 Å². The van der Waals surface area contributed by atoms with E-state index >= 15 is 0 Å². The Morgan fingerprint density at radius 2 is 1.55 bits per heavy atom. The predicted molar refractivity (Wildman–Crippen MR) is 104 cm³/mol. The van der Waals surface area contributed by atoms with E-state index in [1.165, 1.54) is 13.8 Å². The number of rotatable bonds is 6. The van der Waals surface area contributed by atoms with Gasteiger partial charge < -0.3 is 10.1 Å². The van der Waals surface area contributed by atoms with E-state index in [2.05, 4.69) is 5.32 Å². The van der Waals surface area contributed by atoms with Gasteiger partial charge in [0.2, 0.25) is 0 Å². The highest BCUT2D eigenvalue weighted by Crippen LogP contribution is 2.29. The molecule has 2 aromatic carbocycles. The van der Waals surface area contributed by atoms with Crippen LogP contribution in [0.3, 0.4) is 0 Å². The molecule has 0 aromatic heterocycles. The third kappa shape index (κ3) is 4.72. The first-order valence-corrected chi connectivity index (χ1v) is 8.54. The molecule has 10 heteroatoms. The van der Waals surface area contributed by atoms with Crippen molar-refractivity contribution in [2.45, 2.75) is 33.8 Å². The van der Waals surface area contributed by atoms with Crippen LogP contribution in [0.4, 0.5) is 17.1 Å². The average Bonchev–Trinajstić information content (AvgIpc) is 2.64. The molecular formula is C19H19N3O7. The number of hydrogen-bond acceptors (Lipinski definition) is 7. The molecule has 0 aliphatic rings. The van der Waals surface area contributed by atoms with E-state index in [0.29, 0.717) is 5.69 Å². The van der Waals surface area contributed by atoms with Gasteiger partial charge in [0.25, 0.3) is 17.3 Å². The van der Waals surface area contributed by atoms with Gasteiger partial charge in [-0.1, -0.05) is 12.1 Å². The van der Waals surface area contributed by atoms with Crippen molar-refractivity contribution in [2.24, 2.45) is 0 Å². The van der Waals surface area contributed by atoms with Crippen molar-refractivity contribution in [1.29, 1.82) is 0 Å². The molecule has 0 bridgehead atoms. The standard InChI is InChI=1S/C19H19N3O7/c1-10-6-5-7-15(11(10)2)20-18(23)13(4)29-19(24)14-8-16(21(25)26)12(3)17(9-14)22(27)28/h5-9,13H,1-4H3,(H,20,23). The summed E-state index contributed by atoms with van der Waals surface area (Å²) in [6.45, 7) is 6.25. The number of nitro groups is 2. The van der Waals surface area contributed by atoms with Crippen LogP contribution in [-0.4, -0.2) is 27.8 Å². The normalized spacial score (nSPS) is 11.4. The maximum Gasteiger partial charge on any atom is 0.339 e. The fraction of sp³-hybridized carbons (Fsp3) is 0.263. The Kier molecular flexibility index (Phi) is 6.27. The summed E-state index contributed by atoms with van der Waals surface area (Å²) >= 11 is 0. The predicted octanol–water partition coefficient (Wildman–Crippen LogP) is 3.61. The maximum absolute atomic E-state index is 12.3. The summed E-state index contributed by atoms with van der Waals surface area (Å²) in [5.41, 5.74) is 0.630. The van der Waals surface area contributed by atoms with Gasteiger partial charge in [0, 0.05) is 17.8 Å². The number of nitro benzene ring substituents is 2. The third-order valence-electron chi connectivity index (χ3n) is 4.50. The Bertz CT molecular complexity index is 982. The molecule has 152 valence electrons. The lowest BCUT2D eigenvalue weighted by molar-refractivity contribution is -0.395. The van der Waals surface area contributed by atoms with Gasteiger partial charge in [0.1, 0.15) is 5.56 Å². The highest BCUT2D eigenvalue weighted by atomic mass is 16.6. The number of nitrogens with one attached hydrogen (secondary N) is 1. The second kappa shape index (κ2) is 8.46. The van der Waals surface area contributed by atoms with Crippen LogP contribution < -0.4 is 5.32 Å². The van der Waals surface area contributed by atoms with Gasteiger partial charge in [-0.25, -0.2) is 4.79 Å². The van der Waals surface area contributed by atoms with E-state index in [1.807, 2.05) is 19.9 Å². The summed E-state index contributed by atoms with van der Waals surface area (Å²) in [6, 6.07) is 7.12. The van der Waals surface area contributed by atoms with Gasteiger partial charge in [-0.15, -0.1) is 0 Å². The van der Waals surface area contributed by atoms with Gasteiger partial charge in [-0.2, -0.15) is 0 Å². The van der Waals surface area contributed by atoms with Crippen LogP contribution in [0.5, 0.6) is 0 Å². The Hall–Kier alpha value is -3.82. The lowest BCUT2D eigenvalue weighted by atomic mass is 10.1. The van der Waals surface area contributed by atoms with Crippen LogP contribution in [0.2, 0.25) is 0 Å². The summed E-state index contributed by atoms with van der Waals surface area (Å²) in [5, 5.41) is 24.9. The number of esters is 1. The average molecular weight is 401 g/mol. The lowest BCUT2D eigenvalue weighted by Gasteiger charge is -2.15. The first-order chi connectivity index (χ1) is 13.5. The monoisotopic (exact) mass is 401 g/mol. The van der Waals surface area contributed by atoms with Crippen LogP contribution in [0.25, 0.3) is 0 Å². The van der Waals surface area contributed by atoms with E-state index in [-0.39, 0.29) is 11.1 Å². The van der Waals surface area contributed by atoms with Crippen molar-refractivity contribution < 1.29 is 24.2 Å². The first-order valence-electron chi connectivity index (χ1n) is 8.54. The zero-order chi connectivity index (χ0) is 21.9. The number of hydrogen-bond donors (Lipinski definition) is 1. The van der Waals surface area contributed by atoms with E-state index in [9.17, 15) is 29.8 Å². The van der Waals surface area contributed by atoms with Crippen molar-refractivity contribution >= 4 is 28.9 Å². The summed E-state index contributed by atoms with van der Waals surface area (Å²) in [6.07, 6.45) is -1.23. The molecule has 0 aliphatic carbocycles. The van der Waals surface area contributed by atoms with Crippen molar-refractivity contribution in [3.8, 4) is 0 Å². The number of carbonyl (C=O) groups is 2. The highest BCUT2D eigenvalue weighted by molar-refractivity contribution is 5.98. The van der Waals surface area contributed by atoms with Crippen molar-refractivity contribution in [1.82, 2.24) is 0 Å². The Morgan fingerprint density at radius 1 is 1.00 bits per heavy atom. The Morgan fingerprint density at radius 3 is 2.07 bits per heavy atom. The number of ether oxygens (including phenoxy) is 1. The molecule has 0 saturated heterocycles. The highest BCUT2D eigenvalue weighted by Gasteiger charge is 2.27.